The van der Waals surface area contributed by atoms with E-state index in [1.54, 1.807) is 23.9 Å². The zero-order valence-corrected chi connectivity index (χ0v) is 17.6. The van der Waals surface area contributed by atoms with E-state index in [2.05, 4.69) is 15.4 Å². The van der Waals surface area contributed by atoms with Crippen LogP contribution in [0.4, 0.5) is 5.69 Å². The fraction of sp³-hybridized carbons (Fsp3) is 0.0385. The number of carbonyl (C=O) groups excluding carboxylic acids is 1. The van der Waals surface area contributed by atoms with Crippen LogP contribution in [-0.4, -0.2) is 27.6 Å². The van der Waals surface area contributed by atoms with Crippen molar-refractivity contribution in [3.8, 4) is 17.0 Å². The Morgan fingerprint density at radius 3 is 2.64 bits per heavy atom. The molecule has 1 N–H and O–H groups in total. The highest BCUT2D eigenvalue weighted by molar-refractivity contribution is 6.11. The van der Waals surface area contributed by atoms with E-state index in [1.807, 2.05) is 66.7 Å². The van der Waals surface area contributed by atoms with Crippen molar-refractivity contribution in [3.63, 3.8) is 0 Å². The van der Waals surface area contributed by atoms with Gasteiger partial charge in [-0.25, -0.2) is 9.50 Å². The Morgan fingerprint density at radius 2 is 1.79 bits per heavy atom. The minimum Gasteiger partial charge on any atom is -0.495 e. The summed E-state index contributed by atoms with van der Waals surface area (Å²) < 4.78 is 13.2. The Hall–Kier alpha value is -4.65. The number of anilines is 1. The summed E-state index contributed by atoms with van der Waals surface area (Å²) >= 11 is 0. The number of amides is 1. The number of benzene rings is 3. The monoisotopic (exact) mass is 434 g/mol. The van der Waals surface area contributed by atoms with Crippen LogP contribution in [0.1, 0.15) is 10.4 Å². The third-order valence-electron chi connectivity index (χ3n) is 5.66. The lowest BCUT2D eigenvalue weighted by Gasteiger charge is -2.10. The summed E-state index contributed by atoms with van der Waals surface area (Å²) in [5, 5.41) is 9.27. The molecule has 3 heterocycles. The van der Waals surface area contributed by atoms with Crippen LogP contribution in [0.3, 0.4) is 0 Å². The van der Waals surface area contributed by atoms with E-state index in [9.17, 15) is 4.79 Å². The maximum absolute atomic E-state index is 13.2. The van der Waals surface area contributed by atoms with Crippen molar-refractivity contribution in [1.29, 1.82) is 0 Å². The Bertz CT molecular complexity index is 1650. The van der Waals surface area contributed by atoms with Crippen molar-refractivity contribution < 1.29 is 13.9 Å². The number of ether oxygens (including phenoxy) is 1. The first-order valence-electron chi connectivity index (χ1n) is 10.4. The number of aromatic nitrogens is 3. The van der Waals surface area contributed by atoms with Gasteiger partial charge in [-0.05, 0) is 18.2 Å². The summed E-state index contributed by atoms with van der Waals surface area (Å²) in [7, 11) is 1.57. The Morgan fingerprint density at radius 1 is 0.970 bits per heavy atom. The number of hydrogen-bond donors (Lipinski definition) is 1. The molecule has 0 aliphatic heterocycles. The number of rotatable bonds is 4. The van der Waals surface area contributed by atoms with E-state index in [0.717, 1.165) is 27.6 Å². The van der Waals surface area contributed by atoms with Gasteiger partial charge in [-0.1, -0.05) is 48.5 Å². The molecule has 160 valence electrons. The molecule has 0 atom stereocenters. The van der Waals surface area contributed by atoms with Crippen molar-refractivity contribution in [2.45, 2.75) is 0 Å². The number of nitrogens with one attached hydrogen (secondary N) is 1. The van der Waals surface area contributed by atoms with Crippen molar-refractivity contribution in [2.24, 2.45) is 0 Å². The van der Waals surface area contributed by atoms with Gasteiger partial charge in [-0.3, -0.25) is 4.79 Å². The van der Waals surface area contributed by atoms with E-state index in [-0.39, 0.29) is 5.91 Å². The second kappa shape index (κ2) is 7.49. The summed E-state index contributed by atoms with van der Waals surface area (Å²) in [6, 6.07) is 23.2. The fourth-order valence-corrected chi connectivity index (χ4v) is 4.09. The average Bonchev–Trinajstić information content (AvgIpc) is 3.45. The van der Waals surface area contributed by atoms with E-state index >= 15 is 0 Å². The molecule has 0 fully saturated rings. The molecule has 0 spiro atoms. The van der Waals surface area contributed by atoms with Crippen LogP contribution in [0.25, 0.3) is 38.8 Å². The van der Waals surface area contributed by atoms with Crippen LogP contribution in [0.15, 0.2) is 89.6 Å². The second-order valence-electron chi connectivity index (χ2n) is 7.59. The van der Waals surface area contributed by atoms with E-state index in [1.165, 1.54) is 6.20 Å². The summed E-state index contributed by atoms with van der Waals surface area (Å²) in [5.41, 5.74) is 4.61. The lowest BCUT2D eigenvalue weighted by atomic mass is 10.1. The summed E-state index contributed by atoms with van der Waals surface area (Å²) in [6.45, 7) is 0. The summed E-state index contributed by atoms with van der Waals surface area (Å²) in [6.07, 6.45) is 3.20. The summed E-state index contributed by atoms with van der Waals surface area (Å²) in [4.78, 5) is 17.6. The van der Waals surface area contributed by atoms with Crippen molar-refractivity contribution in [1.82, 2.24) is 14.6 Å². The average molecular weight is 434 g/mol. The second-order valence-corrected chi connectivity index (χ2v) is 7.59. The highest BCUT2D eigenvalue weighted by atomic mass is 16.5. The molecule has 3 aromatic heterocycles. The Kier molecular flexibility index (Phi) is 4.33. The number of fused-ring (bicyclic) bond motifs is 4. The largest absolute Gasteiger partial charge is 0.495 e. The molecule has 6 rings (SSSR count). The van der Waals surface area contributed by atoms with Gasteiger partial charge in [0.15, 0.2) is 5.65 Å². The fourth-order valence-electron chi connectivity index (χ4n) is 4.09. The molecule has 0 bridgehead atoms. The Balaban J connectivity index is 1.40. The van der Waals surface area contributed by atoms with E-state index < -0.39 is 0 Å². The predicted octanol–water partition coefficient (Wildman–Crippen LogP) is 5.56. The SMILES string of the molecule is COc1cc2c(cc1NC(=O)c1cnn3c(-c4ccccc4)ccnc13)oc1ccccc12. The van der Waals surface area contributed by atoms with Crippen molar-refractivity contribution >= 4 is 39.2 Å². The molecule has 0 saturated carbocycles. The van der Waals surface area contributed by atoms with E-state index in [4.69, 9.17) is 9.15 Å². The smallest absolute Gasteiger partial charge is 0.261 e. The van der Waals surface area contributed by atoms with Gasteiger partial charge >= 0.3 is 0 Å². The van der Waals surface area contributed by atoms with Gasteiger partial charge in [0.2, 0.25) is 0 Å². The quantitative estimate of drug-likeness (QED) is 0.393. The van der Waals surface area contributed by atoms with E-state index in [0.29, 0.717) is 28.2 Å². The lowest BCUT2D eigenvalue weighted by molar-refractivity contribution is 0.102. The van der Waals surface area contributed by atoms with Gasteiger partial charge in [0, 0.05) is 28.6 Å². The van der Waals surface area contributed by atoms with Gasteiger partial charge in [0.1, 0.15) is 22.5 Å². The van der Waals surface area contributed by atoms with Gasteiger partial charge < -0.3 is 14.5 Å². The third-order valence-corrected chi connectivity index (χ3v) is 5.66. The van der Waals surface area contributed by atoms with Crippen LogP contribution in [-0.2, 0) is 0 Å². The molecule has 0 saturated heterocycles. The maximum Gasteiger partial charge on any atom is 0.261 e. The van der Waals surface area contributed by atoms with Crippen molar-refractivity contribution in [2.75, 3.05) is 12.4 Å². The number of nitrogens with zero attached hydrogens (tertiary/aromatic N) is 3. The van der Waals surface area contributed by atoms with Gasteiger partial charge in [0.05, 0.1) is 24.7 Å². The molecule has 33 heavy (non-hydrogen) atoms. The molecule has 0 aliphatic carbocycles. The molecule has 6 aromatic rings. The molecular weight excluding hydrogens is 416 g/mol. The number of carbonyl (C=O) groups is 1. The standard InChI is InChI=1S/C26H18N4O3/c1-32-24-13-18-17-9-5-6-10-22(17)33-23(18)14-20(24)29-26(31)19-15-28-30-21(11-12-27-25(19)30)16-7-3-2-4-8-16/h2-15H,1H3,(H,29,31). The van der Waals surface area contributed by atoms with Crippen LogP contribution >= 0.6 is 0 Å². The minimum atomic E-state index is -0.337. The topological polar surface area (TPSA) is 81.7 Å². The van der Waals surface area contributed by atoms with Crippen LogP contribution < -0.4 is 10.1 Å². The van der Waals surface area contributed by atoms with Crippen molar-refractivity contribution in [3.05, 3.63) is 90.8 Å². The molecule has 0 aliphatic rings. The van der Waals surface area contributed by atoms with Gasteiger partial charge in [0.25, 0.3) is 5.91 Å². The Labute approximate surface area is 188 Å². The maximum atomic E-state index is 13.2. The van der Waals surface area contributed by atoms with Gasteiger partial charge in [-0.15, -0.1) is 0 Å². The zero-order chi connectivity index (χ0) is 22.4. The zero-order valence-electron chi connectivity index (χ0n) is 17.6. The first kappa shape index (κ1) is 19.1. The van der Waals surface area contributed by atoms with Gasteiger partial charge in [-0.2, -0.15) is 5.10 Å². The molecule has 1 amide bonds. The number of furan rings is 1. The first-order chi connectivity index (χ1) is 16.2. The molecule has 3 aromatic carbocycles. The highest BCUT2D eigenvalue weighted by Crippen LogP contribution is 2.36. The number of hydrogen-bond acceptors (Lipinski definition) is 5. The molecule has 7 nitrogen and oxygen atoms in total. The predicted molar refractivity (Wildman–Crippen MR) is 127 cm³/mol. The third kappa shape index (κ3) is 3.10. The molecular formula is C26H18N4O3. The molecule has 0 radical (unpaired) electrons. The summed E-state index contributed by atoms with van der Waals surface area (Å²) in [5.74, 6) is 0.202. The van der Waals surface area contributed by atoms with Crippen LogP contribution in [0.5, 0.6) is 5.75 Å². The number of para-hydroxylation sites is 1. The van der Waals surface area contributed by atoms with Crippen LogP contribution in [0.2, 0.25) is 0 Å². The molecule has 7 heteroatoms. The first-order valence-corrected chi connectivity index (χ1v) is 10.4. The van der Waals surface area contributed by atoms with Crippen LogP contribution in [0, 0.1) is 0 Å². The minimum absolute atomic E-state index is 0.337. The normalized spacial score (nSPS) is 11.3. The molecule has 0 unspecified atom stereocenters. The lowest BCUT2D eigenvalue weighted by Crippen LogP contribution is -2.13. The highest BCUT2D eigenvalue weighted by Gasteiger charge is 2.19. The number of methoxy groups -OCH3 is 1.